The first-order valence-electron chi connectivity index (χ1n) is 6.84. The third-order valence-corrected chi connectivity index (χ3v) is 4.90. The summed E-state index contributed by atoms with van der Waals surface area (Å²) in [5.41, 5.74) is -0.197. The van der Waals surface area contributed by atoms with Gasteiger partial charge in [-0.05, 0) is 50.9 Å². The van der Waals surface area contributed by atoms with E-state index in [4.69, 9.17) is 15.7 Å². The van der Waals surface area contributed by atoms with Gasteiger partial charge in [-0.3, -0.25) is 0 Å². The van der Waals surface area contributed by atoms with E-state index in [0.29, 0.717) is 11.0 Å². The van der Waals surface area contributed by atoms with Gasteiger partial charge in [0, 0.05) is 6.42 Å². The monoisotopic (exact) mass is 324 g/mol. The molecule has 22 heavy (non-hydrogen) atoms. The van der Waals surface area contributed by atoms with Crippen molar-refractivity contribution < 1.29 is 21.6 Å². The number of benzene rings is 1. The number of terminal acetylenes is 1. The molecule has 1 heterocycles. The first-order valence-corrected chi connectivity index (χ1v) is 8.22. The van der Waals surface area contributed by atoms with Crippen LogP contribution in [0.5, 0.6) is 0 Å². The highest BCUT2D eigenvalue weighted by Crippen LogP contribution is 2.36. The van der Waals surface area contributed by atoms with Gasteiger partial charge in [-0.1, -0.05) is 6.07 Å². The maximum atomic E-state index is 13.4. The summed E-state index contributed by atoms with van der Waals surface area (Å²) in [4.78, 5) is -0.440. The van der Waals surface area contributed by atoms with Crippen LogP contribution in [0.15, 0.2) is 23.1 Å². The number of halogens is 1. The predicted molar refractivity (Wildman–Crippen MR) is 83.0 cm³/mol. The molecular weight excluding hydrogens is 306 g/mol. The van der Waals surface area contributed by atoms with E-state index in [1.54, 1.807) is 6.07 Å². The van der Waals surface area contributed by atoms with Crippen molar-refractivity contribution >= 4 is 22.8 Å². The number of rotatable bonds is 3. The zero-order valence-corrected chi connectivity index (χ0v) is 13.8. The van der Waals surface area contributed by atoms with Gasteiger partial charge in [-0.25, -0.2) is 0 Å². The first kappa shape index (κ1) is 17.0. The third kappa shape index (κ3) is 3.19. The molecule has 0 unspecified atom stereocenters. The summed E-state index contributed by atoms with van der Waals surface area (Å²) in [7, 11) is -5.61. The van der Waals surface area contributed by atoms with Crippen molar-refractivity contribution in [3.63, 3.8) is 0 Å². The molecule has 0 bridgehead atoms. The Balaban J connectivity index is 2.48. The molecule has 0 spiro atoms. The zero-order chi connectivity index (χ0) is 16.8. The minimum atomic E-state index is -4.83. The fourth-order valence-electron chi connectivity index (χ4n) is 2.16. The maximum Gasteiger partial charge on any atom is 0.494 e. The molecule has 1 aliphatic rings. The zero-order valence-electron chi connectivity index (χ0n) is 13.0. The van der Waals surface area contributed by atoms with E-state index in [1.165, 1.54) is 12.1 Å². The van der Waals surface area contributed by atoms with Crippen molar-refractivity contribution in [1.82, 2.24) is 0 Å². The van der Waals surface area contributed by atoms with Crippen LogP contribution >= 0.6 is 0 Å². The predicted octanol–water partition coefficient (Wildman–Crippen LogP) is 1.82. The van der Waals surface area contributed by atoms with E-state index in [2.05, 4.69) is 5.92 Å². The lowest BCUT2D eigenvalue weighted by molar-refractivity contribution is 0.00578. The molecule has 4 nitrogen and oxygen atoms in total. The average Bonchev–Trinajstić information content (AvgIpc) is 2.57. The van der Waals surface area contributed by atoms with Gasteiger partial charge in [0.15, 0.2) is 0 Å². The van der Waals surface area contributed by atoms with E-state index in [1.807, 2.05) is 27.7 Å². The summed E-state index contributed by atoms with van der Waals surface area (Å²) in [6.07, 6.45) is 5.44. The molecule has 2 rings (SSSR count). The van der Waals surface area contributed by atoms with E-state index < -0.39 is 33.4 Å². The molecule has 0 N–H and O–H groups in total. The molecule has 0 aliphatic carbocycles. The van der Waals surface area contributed by atoms with Crippen molar-refractivity contribution in [2.45, 2.75) is 50.2 Å². The van der Waals surface area contributed by atoms with Crippen LogP contribution in [0.3, 0.4) is 0 Å². The molecule has 1 aromatic carbocycles. The second-order valence-electron chi connectivity index (χ2n) is 6.32. The summed E-state index contributed by atoms with van der Waals surface area (Å²) in [5, 5.41) is 0. The van der Waals surface area contributed by atoms with E-state index >= 15 is 0 Å². The molecule has 1 aliphatic heterocycles. The lowest BCUT2D eigenvalue weighted by Crippen LogP contribution is -2.41. The maximum absolute atomic E-state index is 13.4. The molecule has 1 saturated heterocycles. The Morgan fingerprint density at radius 1 is 1.18 bits per heavy atom. The number of hydrogen-bond acceptors (Lipinski definition) is 4. The van der Waals surface area contributed by atoms with E-state index in [-0.39, 0.29) is 6.42 Å². The van der Waals surface area contributed by atoms with Crippen molar-refractivity contribution in [2.24, 2.45) is 0 Å². The molecule has 1 aromatic rings. The van der Waals surface area contributed by atoms with Crippen LogP contribution in [0.25, 0.3) is 0 Å². The highest BCUT2D eigenvalue weighted by Gasteiger charge is 2.51. The molecule has 0 atom stereocenters. The second kappa shape index (κ2) is 5.37. The Kier molecular flexibility index (Phi) is 4.15. The van der Waals surface area contributed by atoms with Gasteiger partial charge in [-0.15, -0.1) is 16.2 Å². The molecule has 0 amide bonds. The smallest absolute Gasteiger partial charge is 0.399 e. The van der Waals surface area contributed by atoms with Crippen LogP contribution in [0.2, 0.25) is 0 Å². The molecular formula is C15H18BFO4S. The van der Waals surface area contributed by atoms with E-state index in [9.17, 15) is 12.3 Å². The second-order valence-corrected chi connectivity index (χ2v) is 7.66. The Bertz CT molecular complexity index is 718. The lowest BCUT2D eigenvalue weighted by atomic mass is 9.78. The Morgan fingerprint density at radius 3 is 2.18 bits per heavy atom. The Morgan fingerprint density at radius 2 is 1.73 bits per heavy atom. The molecule has 118 valence electrons. The molecule has 1 fully saturated rings. The molecule has 0 radical (unpaired) electrons. The van der Waals surface area contributed by atoms with E-state index in [0.717, 1.165) is 0 Å². The third-order valence-electron chi connectivity index (χ3n) is 4.10. The summed E-state index contributed by atoms with van der Waals surface area (Å²) in [6, 6.07) is 4.12. The van der Waals surface area contributed by atoms with Gasteiger partial charge in [0.2, 0.25) is 0 Å². The highest BCUT2D eigenvalue weighted by molar-refractivity contribution is 7.86. The fraction of sp³-hybridized carbons (Fsp3) is 0.467. The highest BCUT2D eigenvalue weighted by atomic mass is 32.3. The van der Waals surface area contributed by atoms with Crippen LogP contribution in [0.4, 0.5) is 3.89 Å². The fourth-order valence-corrected chi connectivity index (χ4v) is 2.73. The largest absolute Gasteiger partial charge is 0.494 e. The minimum absolute atomic E-state index is 0.190. The van der Waals surface area contributed by atoms with Gasteiger partial charge in [-0.2, -0.15) is 8.42 Å². The van der Waals surface area contributed by atoms with Gasteiger partial charge in [0.25, 0.3) is 0 Å². The van der Waals surface area contributed by atoms with Crippen molar-refractivity contribution in [3.8, 4) is 12.3 Å². The van der Waals surface area contributed by atoms with Crippen LogP contribution in [0.1, 0.15) is 33.3 Å². The van der Waals surface area contributed by atoms with Crippen LogP contribution < -0.4 is 5.46 Å². The minimum Gasteiger partial charge on any atom is -0.399 e. The normalized spacial score (nSPS) is 19.9. The summed E-state index contributed by atoms with van der Waals surface area (Å²) in [5.74, 6) is 2.41. The summed E-state index contributed by atoms with van der Waals surface area (Å²) in [6.45, 7) is 7.52. The van der Waals surface area contributed by atoms with Gasteiger partial charge in [0.1, 0.15) is 0 Å². The Labute approximate surface area is 131 Å². The van der Waals surface area contributed by atoms with Gasteiger partial charge in [0.05, 0.1) is 16.1 Å². The quantitative estimate of drug-likeness (QED) is 0.483. The SMILES string of the molecule is C#CCc1cc(B2OC(C)(C)C(C)(C)O2)cc(S(=O)(=O)F)c1. The van der Waals surface area contributed by atoms with Gasteiger partial charge >= 0.3 is 17.3 Å². The summed E-state index contributed by atoms with van der Waals surface area (Å²) < 4.78 is 47.5. The van der Waals surface area contributed by atoms with Gasteiger partial charge < -0.3 is 9.31 Å². The topological polar surface area (TPSA) is 52.6 Å². The molecule has 0 aromatic heterocycles. The first-order chi connectivity index (χ1) is 9.96. The Hall–Kier alpha value is -1.36. The van der Waals surface area contributed by atoms with Crippen LogP contribution in [-0.2, 0) is 26.0 Å². The lowest BCUT2D eigenvalue weighted by Gasteiger charge is -2.32. The molecule has 7 heteroatoms. The van der Waals surface area contributed by atoms with Crippen LogP contribution in [-0.4, -0.2) is 26.7 Å². The van der Waals surface area contributed by atoms with Crippen molar-refractivity contribution in [3.05, 3.63) is 23.8 Å². The number of hydrogen-bond donors (Lipinski definition) is 0. The van der Waals surface area contributed by atoms with Crippen molar-refractivity contribution in [2.75, 3.05) is 0 Å². The van der Waals surface area contributed by atoms with Crippen molar-refractivity contribution in [1.29, 1.82) is 0 Å². The average molecular weight is 324 g/mol. The van der Waals surface area contributed by atoms with Crippen LogP contribution in [0, 0.1) is 12.3 Å². The summed E-state index contributed by atoms with van der Waals surface area (Å²) >= 11 is 0. The standard InChI is InChI=1S/C15H18BFO4S/c1-6-7-11-8-12(10-13(9-11)22(17,18)19)16-20-14(2,3)15(4,5)21-16/h1,8-10H,7H2,2-5H3. The molecule has 0 saturated carbocycles.